The molecule has 1 rings (SSSR count). The van der Waals surface area contributed by atoms with E-state index in [-0.39, 0.29) is 18.1 Å². The molecule has 2 N–H and O–H groups in total. The van der Waals surface area contributed by atoms with E-state index in [1.807, 2.05) is 13.8 Å². The van der Waals surface area contributed by atoms with E-state index in [1.54, 1.807) is 51.1 Å². The van der Waals surface area contributed by atoms with Crippen LogP contribution in [0.25, 0.3) is 0 Å². The fraction of sp³-hybridized carbons (Fsp3) is 0.474. The van der Waals surface area contributed by atoms with E-state index < -0.39 is 30.1 Å². The molecule has 8 heteroatoms. The second-order valence-electron chi connectivity index (χ2n) is 7.37. The first-order chi connectivity index (χ1) is 12.5. The van der Waals surface area contributed by atoms with Crippen molar-refractivity contribution in [3.63, 3.8) is 0 Å². The maximum Gasteiger partial charge on any atom is 0.421 e. The number of oxime groups is 1. The second-order valence-corrected chi connectivity index (χ2v) is 7.37. The number of ether oxygens (including phenoxy) is 1. The quantitative estimate of drug-likeness (QED) is 0.450. The average molecular weight is 377 g/mol. The first kappa shape index (κ1) is 22.1. The fourth-order valence-electron chi connectivity index (χ4n) is 2.14. The molecule has 0 radical (unpaired) electrons. The summed E-state index contributed by atoms with van der Waals surface area (Å²) in [5.41, 5.74) is -0.549. The monoisotopic (exact) mass is 377 g/mol. The molecule has 0 atom stereocenters. The number of hydrogen-bond donors (Lipinski definition) is 2. The number of rotatable bonds is 6. The van der Waals surface area contributed by atoms with Crippen LogP contribution in [0.15, 0.2) is 35.5 Å². The summed E-state index contributed by atoms with van der Waals surface area (Å²) < 4.78 is 5.29. The van der Waals surface area contributed by atoms with E-state index in [9.17, 15) is 14.4 Å². The third kappa shape index (κ3) is 7.47. The fourth-order valence-corrected chi connectivity index (χ4v) is 2.14. The van der Waals surface area contributed by atoms with Gasteiger partial charge in [-0.05, 0) is 38.8 Å². The summed E-state index contributed by atoms with van der Waals surface area (Å²) in [5, 5.41) is 14.3. The standard InChI is InChI=1S/C19H27N3O5/c1-13(2)11-15(21-26)17(24)20-12-16(23)22(14-9-7-6-8-10-14)18(25)27-19(3,4)5/h6-10,13,26H,11-12H2,1-5H3,(H,20,24). The molecule has 8 nitrogen and oxygen atoms in total. The molecule has 0 bridgehead atoms. The molecular weight excluding hydrogens is 350 g/mol. The van der Waals surface area contributed by atoms with Gasteiger partial charge in [0, 0.05) is 6.42 Å². The summed E-state index contributed by atoms with van der Waals surface area (Å²) in [6, 6.07) is 8.28. The van der Waals surface area contributed by atoms with Crippen molar-refractivity contribution in [1.82, 2.24) is 5.32 Å². The maximum absolute atomic E-state index is 12.6. The van der Waals surface area contributed by atoms with Crippen LogP contribution in [0.2, 0.25) is 0 Å². The Morgan fingerprint density at radius 3 is 2.26 bits per heavy atom. The molecule has 0 fully saturated rings. The minimum atomic E-state index is -0.842. The predicted molar refractivity (Wildman–Crippen MR) is 102 cm³/mol. The van der Waals surface area contributed by atoms with Crippen LogP contribution < -0.4 is 10.2 Å². The molecule has 0 aliphatic carbocycles. The molecule has 0 spiro atoms. The topological polar surface area (TPSA) is 108 Å². The van der Waals surface area contributed by atoms with E-state index in [1.165, 1.54) is 0 Å². The minimum Gasteiger partial charge on any atom is -0.443 e. The summed E-state index contributed by atoms with van der Waals surface area (Å²) in [5.74, 6) is -1.25. The van der Waals surface area contributed by atoms with Gasteiger partial charge >= 0.3 is 6.09 Å². The molecular formula is C19H27N3O5. The molecule has 0 aromatic heterocycles. The van der Waals surface area contributed by atoms with Crippen LogP contribution >= 0.6 is 0 Å². The van der Waals surface area contributed by atoms with Gasteiger partial charge in [-0.15, -0.1) is 0 Å². The minimum absolute atomic E-state index is 0.0821. The summed E-state index contributed by atoms with van der Waals surface area (Å²) in [7, 11) is 0. The molecule has 27 heavy (non-hydrogen) atoms. The number of benzene rings is 1. The predicted octanol–water partition coefficient (Wildman–Crippen LogP) is 2.95. The van der Waals surface area contributed by atoms with Gasteiger partial charge in [-0.2, -0.15) is 0 Å². The van der Waals surface area contributed by atoms with Gasteiger partial charge in [-0.3, -0.25) is 9.59 Å². The highest BCUT2D eigenvalue weighted by Crippen LogP contribution is 2.18. The van der Waals surface area contributed by atoms with Gasteiger partial charge in [0.15, 0.2) is 0 Å². The SMILES string of the molecule is CC(C)CC(=NO)C(=O)NCC(=O)N(C(=O)OC(C)(C)C)c1ccccc1. The van der Waals surface area contributed by atoms with Crippen LogP contribution in [0.4, 0.5) is 10.5 Å². The highest BCUT2D eigenvalue weighted by Gasteiger charge is 2.29. The lowest BCUT2D eigenvalue weighted by atomic mass is 10.1. The number of para-hydroxylation sites is 1. The molecule has 0 aliphatic heterocycles. The zero-order valence-corrected chi connectivity index (χ0v) is 16.4. The Hall–Kier alpha value is -2.90. The molecule has 0 saturated heterocycles. The van der Waals surface area contributed by atoms with Gasteiger partial charge in [0.05, 0.1) is 12.2 Å². The molecule has 0 unspecified atom stereocenters. The van der Waals surface area contributed by atoms with Crippen molar-refractivity contribution >= 4 is 29.3 Å². The van der Waals surface area contributed by atoms with Gasteiger partial charge in [-0.1, -0.05) is 37.2 Å². The number of imide groups is 1. The van der Waals surface area contributed by atoms with Crippen molar-refractivity contribution in [1.29, 1.82) is 0 Å². The summed E-state index contributed by atoms with van der Waals surface area (Å²) in [6.07, 6.45) is -0.587. The first-order valence-corrected chi connectivity index (χ1v) is 8.65. The summed E-state index contributed by atoms with van der Waals surface area (Å²) in [6.45, 7) is 8.35. The number of anilines is 1. The van der Waals surface area contributed by atoms with Crippen LogP contribution in [0.1, 0.15) is 41.0 Å². The lowest BCUT2D eigenvalue weighted by Gasteiger charge is -2.26. The average Bonchev–Trinajstić information content (AvgIpc) is 2.56. The second kappa shape index (κ2) is 9.70. The third-order valence-electron chi connectivity index (χ3n) is 3.22. The van der Waals surface area contributed by atoms with Gasteiger partial charge in [-0.25, -0.2) is 9.69 Å². The normalized spacial score (nSPS) is 11.9. The van der Waals surface area contributed by atoms with Crippen LogP contribution in [-0.4, -0.2) is 41.0 Å². The molecule has 0 saturated carbocycles. The van der Waals surface area contributed by atoms with Gasteiger partial charge in [0.1, 0.15) is 11.3 Å². The van der Waals surface area contributed by atoms with Crippen LogP contribution in [-0.2, 0) is 14.3 Å². The number of nitrogens with zero attached hydrogens (tertiary/aromatic N) is 2. The molecule has 3 amide bonds. The smallest absolute Gasteiger partial charge is 0.421 e. The molecule has 1 aromatic rings. The first-order valence-electron chi connectivity index (χ1n) is 8.65. The van der Waals surface area contributed by atoms with Gasteiger partial charge in [0.25, 0.3) is 11.8 Å². The summed E-state index contributed by atoms with van der Waals surface area (Å²) >= 11 is 0. The Morgan fingerprint density at radius 1 is 1.19 bits per heavy atom. The number of hydrogen-bond acceptors (Lipinski definition) is 6. The van der Waals surface area contributed by atoms with Crippen LogP contribution in [0.5, 0.6) is 0 Å². The van der Waals surface area contributed by atoms with Crippen molar-refractivity contribution in [2.24, 2.45) is 11.1 Å². The lowest BCUT2D eigenvalue weighted by Crippen LogP contribution is -2.47. The largest absolute Gasteiger partial charge is 0.443 e. The van der Waals surface area contributed by atoms with E-state index in [2.05, 4.69) is 10.5 Å². The molecule has 0 aliphatic rings. The molecule has 1 aromatic carbocycles. The van der Waals surface area contributed by atoms with E-state index in [0.29, 0.717) is 5.69 Å². The van der Waals surface area contributed by atoms with E-state index in [0.717, 1.165) is 4.90 Å². The van der Waals surface area contributed by atoms with Crippen molar-refractivity contribution in [3.8, 4) is 0 Å². The maximum atomic E-state index is 12.6. The van der Waals surface area contributed by atoms with Crippen LogP contribution in [0, 0.1) is 5.92 Å². The number of carbonyl (C=O) groups is 3. The molecule has 148 valence electrons. The molecule has 0 heterocycles. The van der Waals surface area contributed by atoms with Crippen molar-refractivity contribution in [2.45, 2.75) is 46.6 Å². The van der Waals surface area contributed by atoms with Gasteiger partial charge in [0.2, 0.25) is 0 Å². The highest BCUT2D eigenvalue weighted by molar-refractivity contribution is 6.39. The zero-order chi connectivity index (χ0) is 20.6. The van der Waals surface area contributed by atoms with Crippen molar-refractivity contribution < 1.29 is 24.3 Å². The van der Waals surface area contributed by atoms with Gasteiger partial charge < -0.3 is 15.3 Å². The highest BCUT2D eigenvalue weighted by atomic mass is 16.6. The summed E-state index contributed by atoms with van der Waals surface area (Å²) in [4.78, 5) is 38.1. The Labute approximate surface area is 159 Å². The number of nitrogens with one attached hydrogen (secondary N) is 1. The lowest BCUT2D eigenvalue weighted by molar-refractivity contribution is -0.121. The Bertz CT molecular complexity index is 693. The number of carbonyl (C=O) groups excluding carboxylic acids is 3. The van der Waals surface area contributed by atoms with Crippen molar-refractivity contribution in [3.05, 3.63) is 30.3 Å². The number of amides is 3. The Kier molecular flexibility index (Phi) is 7.96. The van der Waals surface area contributed by atoms with Crippen molar-refractivity contribution in [2.75, 3.05) is 11.4 Å². The Balaban J connectivity index is 2.92. The third-order valence-corrected chi connectivity index (χ3v) is 3.22. The zero-order valence-electron chi connectivity index (χ0n) is 16.4. The van der Waals surface area contributed by atoms with E-state index in [4.69, 9.17) is 9.94 Å². The van der Waals surface area contributed by atoms with Crippen LogP contribution in [0.3, 0.4) is 0 Å². The Morgan fingerprint density at radius 2 is 1.78 bits per heavy atom. The van der Waals surface area contributed by atoms with E-state index >= 15 is 0 Å².